The number of anilines is 1. The zero-order valence-electron chi connectivity index (χ0n) is 11.9. The van der Waals surface area contributed by atoms with Gasteiger partial charge < -0.3 is 10.6 Å². The van der Waals surface area contributed by atoms with Gasteiger partial charge in [-0.25, -0.2) is 0 Å². The van der Waals surface area contributed by atoms with Crippen molar-refractivity contribution in [2.45, 2.75) is 31.7 Å². The summed E-state index contributed by atoms with van der Waals surface area (Å²) in [6.45, 7) is 4.02. The Hall–Kier alpha value is -1.55. The lowest BCUT2D eigenvalue weighted by Crippen LogP contribution is -2.56. The summed E-state index contributed by atoms with van der Waals surface area (Å²) in [6.07, 6.45) is 4.33. The summed E-state index contributed by atoms with van der Waals surface area (Å²) >= 11 is 0. The van der Waals surface area contributed by atoms with Gasteiger partial charge in [0.15, 0.2) is 0 Å². The summed E-state index contributed by atoms with van der Waals surface area (Å²) in [5.41, 5.74) is 7.51. The van der Waals surface area contributed by atoms with E-state index in [-0.39, 0.29) is 5.91 Å². The molecule has 4 nitrogen and oxygen atoms in total. The van der Waals surface area contributed by atoms with E-state index in [2.05, 4.69) is 4.90 Å². The molecule has 1 aromatic rings. The molecule has 2 heterocycles. The van der Waals surface area contributed by atoms with Crippen LogP contribution in [0.1, 0.15) is 24.8 Å². The maximum atomic E-state index is 12.4. The number of hydrogen-bond donors (Lipinski definition) is 1. The highest BCUT2D eigenvalue weighted by Crippen LogP contribution is 2.21. The highest BCUT2D eigenvalue weighted by Gasteiger charge is 2.30. The van der Waals surface area contributed by atoms with Gasteiger partial charge in [0.1, 0.15) is 0 Å². The molecule has 20 heavy (non-hydrogen) atoms. The second-order valence-electron chi connectivity index (χ2n) is 5.95. The monoisotopic (exact) mass is 273 g/mol. The van der Waals surface area contributed by atoms with Gasteiger partial charge in [0.25, 0.3) is 0 Å². The summed E-state index contributed by atoms with van der Waals surface area (Å²) < 4.78 is 0. The van der Waals surface area contributed by atoms with E-state index >= 15 is 0 Å². The van der Waals surface area contributed by atoms with Crippen LogP contribution in [-0.4, -0.2) is 47.9 Å². The van der Waals surface area contributed by atoms with Crippen molar-refractivity contribution in [1.29, 1.82) is 0 Å². The lowest BCUT2D eigenvalue weighted by Gasteiger charge is -2.44. The molecule has 3 rings (SSSR count). The summed E-state index contributed by atoms with van der Waals surface area (Å²) in [5, 5.41) is 0. The molecule has 0 aliphatic carbocycles. The van der Waals surface area contributed by atoms with Crippen molar-refractivity contribution in [2.24, 2.45) is 0 Å². The molecule has 2 aliphatic heterocycles. The zero-order valence-corrected chi connectivity index (χ0v) is 11.9. The molecule has 2 N–H and O–H groups in total. The van der Waals surface area contributed by atoms with Gasteiger partial charge in [-0.05, 0) is 37.1 Å². The van der Waals surface area contributed by atoms with Crippen molar-refractivity contribution in [3.05, 3.63) is 29.8 Å². The van der Waals surface area contributed by atoms with Gasteiger partial charge >= 0.3 is 0 Å². The maximum Gasteiger partial charge on any atom is 0.227 e. The fourth-order valence-electron chi connectivity index (χ4n) is 3.37. The lowest BCUT2D eigenvalue weighted by molar-refractivity contribution is -0.134. The summed E-state index contributed by atoms with van der Waals surface area (Å²) in [7, 11) is 0. The predicted octanol–water partition coefficient (Wildman–Crippen LogP) is 1.51. The van der Waals surface area contributed by atoms with E-state index in [4.69, 9.17) is 5.73 Å². The average molecular weight is 273 g/mol. The van der Waals surface area contributed by atoms with Gasteiger partial charge in [0, 0.05) is 31.4 Å². The van der Waals surface area contributed by atoms with E-state index in [1.54, 1.807) is 0 Å². The molecule has 0 bridgehead atoms. The molecule has 4 heteroatoms. The molecular formula is C16H23N3O. The Labute approximate surface area is 120 Å². The number of nitrogen functional groups attached to an aromatic ring is 1. The first-order valence-corrected chi connectivity index (χ1v) is 7.58. The largest absolute Gasteiger partial charge is 0.399 e. The smallest absolute Gasteiger partial charge is 0.227 e. The quantitative estimate of drug-likeness (QED) is 0.831. The van der Waals surface area contributed by atoms with Crippen LogP contribution in [0.2, 0.25) is 0 Å². The van der Waals surface area contributed by atoms with Gasteiger partial charge in [-0.3, -0.25) is 9.69 Å². The van der Waals surface area contributed by atoms with Gasteiger partial charge in [-0.1, -0.05) is 18.6 Å². The number of piperidine rings is 1. The standard InChI is InChI=1S/C16H23N3O/c17-14-5-3-4-13(10-14)11-16(20)19-9-8-18-7-2-1-6-15(18)12-19/h3-5,10,15H,1-2,6-9,11-12,17H2. The second kappa shape index (κ2) is 5.83. The van der Waals surface area contributed by atoms with Crippen LogP contribution in [0.3, 0.4) is 0 Å². The third kappa shape index (κ3) is 2.96. The average Bonchev–Trinajstić information content (AvgIpc) is 2.47. The normalized spacial score (nSPS) is 23.4. The first kappa shape index (κ1) is 13.4. The number of piperazine rings is 1. The second-order valence-corrected chi connectivity index (χ2v) is 5.95. The van der Waals surface area contributed by atoms with Crippen LogP contribution in [-0.2, 0) is 11.2 Å². The van der Waals surface area contributed by atoms with Crippen LogP contribution in [0.25, 0.3) is 0 Å². The molecule has 2 saturated heterocycles. The van der Waals surface area contributed by atoms with Crippen molar-refractivity contribution in [2.75, 3.05) is 31.9 Å². The first-order chi connectivity index (χ1) is 9.72. The summed E-state index contributed by atoms with van der Waals surface area (Å²) in [6, 6.07) is 8.23. The molecular weight excluding hydrogens is 250 g/mol. The molecule has 0 saturated carbocycles. The molecule has 1 atom stereocenters. The van der Waals surface area contributed by atoms with Crippen molar-refractivity contribution in [1.82, 2.24) is 9.80 Å². The Morgan fingerprint density at radius 1 is 1.25 bits per heavy atom. The number of hydrogen-bond acceptors (Lipinski definition) is 3. The number of benzene rings is 1. The van der Waals surface area contributed by atoms with E-state index in [0.29, 0.717) is 12.5 Å². The molecule has 0 radical (unpaired) electrons. The zero-order chi connectivity index (χ0) is 13.9. The van der Waals surface area contributed by atoms with E-state index in [1.807, 2.05) is 29.2 Å². The number of carbonyl (C=O) groups is 1. The van der Waals surface area contributed by atoms with E-state index in [0.717, 1.165) is 30.9 Å². The molecule has 108 valence electrons. The van der Waals surface area contributed by atoms with Gasteiger partial charge in [0.2, 0.25) is 5.91 Å². The van der Waals surface area contributed by atoms with Gasteiger partial charge in [0.05, 0.1) is 6.42 Å². The number of amides is 1. The van der Waals surface area contributed by atoms with E-state index in [1.165, 1.54) is 25.8 Å². The minimum absolute atomic E-state index is 0.237. The van der Waals surface area contributed by atoms with E-state index in [9.17, 15) is 4.79 Å². The van der Waals surface area contributed by atoms with Crippen LogP contribution in [0, 0.1) is 0 Å². The summed E-state index contributed by atoms with van der Waals surface area (Å²) in [4.78, 5) is 17.0. The number of nitrogens with zero attached hydrogens (tertiary/aromatic N) is 2. The van der Waals surface area contributed by atoms with Crippen LogP contribution in [0.4, 0.5) is 5.69 Å². The van der Waals surface area contributed by atoms with E-state index < -0.39 is 0 Å². The summed E-state index contributed by atoms with van der Waals surface area (Å²) in [5.74, 6) is 0.237. The van der Waals surface area contributed by atoms with Gasteiger partial charge in [-0.15, -0.1) is 0 Å². The molecule has 0 aromatic heterocycles. The van der Waals surface area contributed by atoms with Crippen molar-refractivity contribution >= 4 is 11.6 Å². The maximum absolute atomic E-state index is 12.4. The van der Waals surface area contributed by atoms with Crippen molar-refractivity contribution in [3.8, 4) is 0 Å². The molecule has 2 fully saturated rings. The molecule has 0 spiro atoms. The molecule has 1 amide bonds. The van der Waals surface area contributed by atoms with Crippen LogP contribution < -0.4 is 5.73 Å². The number of fused-ring (bicyclic) bond motifs is 1. The SMILES string of the molecule is Nc1cccc(CC(=O)N2CCN3CCCCC3C2)c1. The van der Waals surface area contributed by atoms with Crippen molar-refractivity contribution in [3.63, 3.8) is 0 Å². The molecule has 1 aromatic carbocycles. The fraction of sp³-hybridized carbons (Fsp3) is 0.562. The van der Waals surface area contributed by atoms with Gasteiger partial charge in [-0.2, -0.15) is 0 Å². The predicted molar refractivity (Wildman–Crippen MR) is 80.4 cm³/mol. The first-order valence-electron chi connectivity index (χ1n) is 7.58. The topological polar surface area (TPSA) is 49.6 Å². The Balaban J connectivity index is 1.60. The Kier molecular flexibility index (Phi) is 3.92. The molecule has 1 unspecified atom stereocenters. The minimum Gasteiger partial charge on any atom is -0.399 e. The molecule has 2 aliphatic rings. The number of carbonyl (C=O) groups excluding carboxylic acids is 1. The van der Waals surface area contributed by atoms with Crippen LogP contribution >= 0.6 is 0 Å². The third-order valence-corrected chi connectivity index (χ3v) is 4.50. The Morgan fingerprint density at radius 3 is 3.00 bits per heavy atom. The minimum atomic E-state index is 0.237. The Morgan fingerprint density at radius 2 is 2.15 bits per heavy atom. The third-order valence-electron chi connectivity index (χ3n) is 4.50. The van der Waals surface area contributed by atoms with Crippen molar-refractivity contribution < 1.29 is 4.79 Å². The highest BCUT2D eigenvalue weighted by atomic mass is 16.2. The van der Waals surface area contributed by atoms with Crippen LogP contribution in [0.15, 0.2) is 24.3 Å². The Bertz CT molecular complexity index is 488. The lowest BCUT2D eigenvalue weighted by atomic mass is 9.99. The highest BCUT2D eigenvalue weighted by molar-refractivity contribution is 5.79. The number of nitrogens with two attached hydrogens (primary N) is 1. The fourth-order valence-corrected chi connectivity index (χ4v) is 3.37. The van der Waals surface area contributed by atoms with Crippen LogP contribution in [0.5, 0.6) is 0 Å². The number of rotatable bonds is 2.